The molecule has 2 heteroatoms. The van der Waals surface area contributed by atoms with Crippen LogP contribution < -0.4 is 5.32 Å². The number of hydrogen-bond donors (Lipinski definition) is 1. The van der Waals surface area contributed by atoms with E-state index in [1.54, 1.807) is 0 Å². The summed E-state index contributed by atoms with van der Waals surface area (Å²) in [6, 6.07) is 0. The molecular formula is C10H19NS. The van der Waals surface area contributed by atoms with Crippen molar-refractivity contribution in [3.05, 3.63) is 0 Å². The van der Waals surface area contributed by atoms with Crippen LogP contribution in [0.1, 0.15) is 32.1 Å². The largest absolute Gasteiger partial charge is 0.317 e. The van der Waals surface area contributed by atoms with Gasteiger partial charge in [0, 0.05) is 5.25 Å². The predicted molar refractivity (Wildman–Crippen MR) is 55.7 cm³/mol. The van der Waals surface area contributed by atoms with E-state index in [0.717, 1.165) is 10.7 Å². The molecule has 0 amide bonds. The summed E-state index contributed by atoms with van der Waals surface area (Å²) < 4.78 is 0. The SMILES string of the molecule is CSC1CCCC12CCNCC2. The standard InChI is InChI=1S/C10H19NS/c1-12-9-3-2-4-10(9)5-7-11-8-6-10/h9,11H,2-8H2,1H3. The van der Waals surface area contributed by atoms with E-state index < -0.39 is 0 Å². The summed E-state index contributed by atoms with van der Waals surface area (Å²) in [5, 5.41) is 4.44. The fourth-order valence-corrected chi connectivity index (χ4v) is 4.23. The van der Waals surface area contributed by atoms with Gasteiger partial charge >= 0.3 is 0 Å². The first kappa shape index (κ1) is 8.89. The van der Waals surface area contributed by atoms with Gasteiger partial charge in [0.05, 0.1) is 0 Å². The zero-order chi connectivity index (χ0) is 8.44. The molecule has 1 N–H and O–H groups in total. The highest BCUT2D eigenvalue weighted by molar-refractivity contribution is 7.99. The summed E-state index contributed by atoms with van der Waals surface area (Å²) in [5.41, 5.74) is 0.741. The quantitative estimate of drug-likeness (QED) is 0.672. The maximum absolute atomic E-state index is 3.47. The highest BCUT2D eigenvalue weighted by atomic mass is 32.2. The highest BCUT2D eigenvalue weighted by Crippen LogP contribution is 2.49. The Morgan fingerprint density at radius 2 is 2.00 bits per heavy atom. The highest BCUT2D eigenvalue weighted by Gasteiger charge is 2.42. The van der Waals surface area contributed by atoms with Crippen LogP contribution in [-0.2, 0) is 0 Å². The molecule has 12 heavy (non-hydrogen) atoms. The third-order valence-electron chi connectivity index (χ3n) is 3.71. The van der Waals surface area contributed by atoms with Gasteiger partial charge < -0.3 is 5.32 Å². The van der Waals surface area contributed by atoms with Crippen molar-refractivity contribution in [1.29, 1.82) is 0 Å². The fraction of sp³-hybridized carbons (Fsp3) is 1.00. The summed E-state index contributed by atoms with van der Waals surface area (Å²) in [7, 11) is 0. The van der Waals surface area contributed by atoms with Crippen molar-refractivity contribution < 1.29 is 0 Å². The Morgan fingerprint density at radius 3 is 2.67 bits per heavy atom. The summed E-state index contributed by atoms with van der Waals surface area (Å²) >= 11 is 2.11. The monoisotopic (exact) mass is 185 g/mol. The minimum atomic E-state index is 0.741. The molecule has 1 unspecified atom stereocenters. The molecule has 2 aliphatic rings. The van der Waals surface area contributed by atoms with E-state index in [1.807, 2.05) is 0 Å². The molecule has 1 saturated carbocycles. The first-order chi connectivity index (χ1) is 5.87. The first-order valence-electron chi connectivity index (χ1n) is 5.11. The molecule has 2 rings (SSSR count). The van der Waals surface area contributed by atoms with Gasteiger partial charge in [-0.3, -0.25) is 0 Å². The van der Waals surface area contributed by atoms with Crippen molar-refractivity contribution in [1.82, 2.24) is 5.32 Å². The normalized spacial score (nSPS) is 34.2. The van der Waals surface area contributed by atoms with Crippen molar-refractivity contribution in [2.45, 2.75) is 37.4 Å². The van der Waals surface area contributed by atoms with E-state index in [9.17, 15) is 0 Å². The molecular weight excluding hydrogens is 166 g/mol. The molecule has 1 saturated heterocycles. The van der Waals surface area contributed by atoms with E-state index in [1.165, 1.54) is 45.2 Å². The molecule has 0 radical (unpaired) electrons. The molecule has 1 nitrogen and oxygen atoms in total. The smallest absolute Gasteiger partial charge is 0.0102 e. The Kier molecular flexibility index (Phi) is 2.66. The van der Waals surface area contributed by atoms with Crippen molar-refractivity contribution in [3.8, 4) is 0 Å². The average molecular weight is 185 g/mol. The average Bonchev–Trinajstić information content (AvgIpc) is 2.49. The lowest BCUT2D eigenvalue weighted by atomic mass is 9.77. The maximum atomic E-state index is 3.47. The van der Waals surface area contributed by atoms with Gasteiger partial charge in [0.1, 0.15) is 0 Å². The molecule has 0 aromatic heterocycles. The van der Waals surface area contributed by atoms with E-state index in [-0.39, 0.29) is 0 Å². The van der Waals surface area contributed by atoms with Crippen LogP contribution >= 0.6 is 11.8 Å². The van der Waals surface area contributed by atoms with Crippen LogP contribution in [0.5, 0.6) is 0 Å². The molecule has 1 aliphatic heterocycles. The lowest BCUT2D eigenvalue weighted by Gasteiger charge is -2.38. The molecule has 0 aromatic carbocycles. The lowest BCUT2D eigenvalue weighted by molar-refractivity contribution is 0.217. The first-order valence-corrected chi connectivity index (χ1v) is 6.40. The van der Waals surface area contributed by atoms with Crippen LogP contribution in [0.25, 0.3) is 0 Å². The van der Waals surface area contributed by atoms with Gasteiger partial charge in [0.25, 0.3) is 0 Å². The summed E-state index contributed by atoms with van der Waals surface area (Å²) in [6.45, 7) is 2.52. The summed E-state index contributed by atoms with van der Waals surface area (Å²) in [4.78, 5) is 0. The second-order valence-corrected chi connectivity index (χ2v) is 5.27. The zero-order valence-electron chi connectivity index (χ0n) is 7.94. The Balaban J connectivity index is 2.05. The fourth-order valence-electron chi connectivity index (χ4n) is 2.97. The third-order valence-corrected chi connectivity index (χ3v) is 5.01. The van der Waals surface area contributed by atoms with Crippen LogP contribution in [-0.4, -0.2) is 24.6 Å². The van der Waals surface area contributed by atoms with Crippen molar-refractivity contribution in [3.63, 3.8) is 0 Å². The molecule has 2 fully saturated rings. The lowest BCUT2D eigenvalue weighted by Crippen LogP contribution is -2.40. The molecule has 1 heterocycles. The van der Waals surface area contributed by atoms with Gasteiger partial charge in [-0.25, -0.2) is 0 Å². The van der Waals surface area contributed by atoms with Crippen molar-refractivity contribution in [2.24, 2.45) is 5.41 Å². The second-order valence-electron chi connectivity index (χ2n) is 4.23. The van der Waals surface area contributed by atoms with Crippen LogP contribution in [0.2, 0.25) is 0 Å². The maximum Gasteiger partial charge on any atom is 0.0102 e. The van der Waals surface area contributed by atoms with E-state index in [4.69, 9.17) is 0 Å². The van der Waals surface area contributed by atoms with Gasteiger partial charge in [-0.05, 0) is 50.4 Å². The molecule has 0 aromatic rings. The summed E-state index contributed by atoms with van der Waals surface area (Å²) in [5.74, 6) is 0. The number of thioether (sulfide) groups is 1. The van der Waals surface area contributed by atoms with Crippen LogP contribution in [0.3, 0.4) is 0 Å². The van der Waals surface area contributed by atoms with Crippen LogP contribution in [0.4, 0.5) is 0 Å². The minimum Gasteiger partial charge on any atom is -0.317 e. The van der Waals surface area contributed by atoms with Gasteiger partial charge in [-0.1, -0.05) is 6.42 Å². The van der Waals surface area contributed by atoms with E-state index >= 15 is 0 Å². The van der Waals surface area contributed by atoms with Gasteiger partial charge in [-0.2, -0.15) is 11.8 Å². The zero-order valence-corrected chi connectivity index (χ0v) is 8.75. The number of rotatable bonds is 1. The molecule has 1 aliphatic carbocycles. The van der Waals surface area contributed by atoms with Crippen LogP contribution in [0.15, 0.2) is 0 Å². The van der Waals surface area contributed by atoms with E-state index in [0.29, 0.717) is 0 Å². The number of hydrogen-bond acceptors (Lipinski definition) is 2. The molecule has 0 bridgehead atoms. The predicted octanol–water partition coefficient (Wildman–Crippen LogP) is 2.27. The van der Waals surface area contributed by atoms with Gasteiger partial charge in [-0.15, -0.1) is 0 Å². The Morgan fingerprint density at radius 1 is 1.25 bits per heavy atom. The molecule has 70 valence electrons. The Labute approximate surface area is 79.7 Å². The van der Waals surface area contributed by atoms with Crippen molar-refractivity contribution >= 4 is 11.8 Å². The van der Waals surface area contributed by atoms with Crippen molar-refractivity contribution in [2.75, 3.05) is 19.3 Å². The third kappa shape index (κ3) is 1.39. The van der Waals surface area contributed by atoms with E-state index in [2.05, 4.69) is 23.3 Å². The number of nitrogens with one attached hydrogen (secondary N) is 1. The Bertz CT molecular complexity index is 152. The Hall–Kier alpha value is 0.310. The number of piperidine rings is 1. The summed E-state index contributed by atoms with van der Waals surface area (Å²) in [6.07, 6.45) is 9.60. The second kappa shape index (κ2) is 3.59. The molecule has 1 atom stereocenters. The van der Waals surface area contributed by atoms with Gasteiger partial charge in [0.15, 0.2) is 0 Å². The molecule has 1 spiro atoms. The van der Waals surface area contributed by atoms with Gasteiger partial charge in [0.2, 0.25) is 0 Å². The van der Waals surface area contributed by atoms with Crippen LogP contribution in [0, 0.1) is 5.41 Å². The minimum absolute atomic E-state index is 0.741. The topological polar surface area (TPSA) is 12.0 Å².